The Kier molecular flexibility index (Phi) is 2.06. The standard InChI is InChI=1S/C15H8N2O3/c18-13-9-5-1-3-7-11(9)17(14(13)19)15-16-10-6-2-4-8-12(10)20-15/h1-8H. The SMILES string of the molecule is O=C1C(=O)N(c2nc3ccccc3o2)c2ccccc21. The molecule has 1 aromatic heterocycles. The first-order valence-corrected chi connectivity index (χ1v) is 6.09. The van der Waals surface area contributed by atoms with Crippen molar-refractivity contribution >= 4 is 34.5 Å². The molecule has 0 spiro atoms. The fourth-order valence-electron chi connectivity index (χ4n) is 2.33. The van der Waals surface area contributed by atoms with Crippen LogP contribution in [-0.4, -0.2) is 16.7 Å². The smallest absolute Gasteiger partial charge is 0.310 e. The van der Waals surface area contributed by atoms with Crippen LogP contribution in [0.15, 0.2) is 52.9 Å². The first-order valence-electron chi connectivity index (χ1n) is 6.09. The van der Waals surface area contributed by atoms with Gasteiger partial charge in [-0.05, 0) is 24.3 Å². The lowest BCUT2D eigenvalue weighted by Gasteiger charge is -2.10. The van der Waals surface area contributed by atoms with Crippen LogP contribution in [0.4, 0.5) is 11.7 Å². The molecule has 0 aliphatic carbocycles. The molecule has 1 aliphatic rings. The summed E-state index contributed by atoms with van der Waals surface area (Å²) in [5, 5.41) is 0. The lowest BCUT2D eigenvalue weighted by molar-refractivity contribution is -0.113. The Labute approximate surface area is 113 Å². The maximum absolute atomic E-state index is 12.1. The number of fused-ring (bicyclic) bond motifs is 2. The number of oxazole rings is 1. The minimum absolute atomic E-state index is 0.120. The first-order chi connectivity index (χ1) is 9.75. The van der Waals surface area contributed by atoms with Gasteiger partial charge in [-0.25, -0.2) is 4.90 Å². The molecule has 20 heavy (non-hydrogen) atoms. The molecule has 2 aromatic carbocycles. The summed E-state index contributed by atoms with van der Waals surface area (Å²) in [6.45, 7) is 0. The van der Waals surface area contributed by atoms with Crippen molar-refractivity contribution in [2.24, 2.45) is 0 Å². The van der Waals surface area contributed by atoms with Gasteiger partial charge in [0.1, 0.15) is 5.52 Å². The summed E-state index contributed by atoms with van der Waals surface area (Å²) in [5.41, 5.74) is 2.10. The maximum Gasteiger partial charge on any atom is 0.310 e. The number of amides is 1. The highest BCUT2D eigenvalue weighted by atomic mass is 16.4. The van der Waals surface area contributed by atoms with Crippen molar-refractivity contribution in [2.45, 2.75) is 0 Å². The number of hydrogen-bond acceptors (Lipinski definition) is 4. The van der Waals surface area contributed by atoms with Crippen LogP contribution in [-0.2, 0) is 4.79 Å². The van der Waals surface area contributed by atoms with Gasteiger partial charge in [0, 0.05) is 0 Å². The minimum Gasteiger partial charge on any atom is -0.423 e. The van der Waals surface area contributed by atoms with Gasteiger partial charge in [0.15, 0.2) is 5.58 Å². The van der Waals surface area contributed by atoms with E-state index in [2.05, 4.69) is 4.98 Å². The van der Waals surface area contributed by atoms with Gasteiger partial charge in [0.2, 0.25) is 0 Å². The molecule has 0 fully saturated rings. The quantitative estimate of drug-likeness (QED) is 0.634. The second-order valence-electron chi connectivity index (χ2n) is 4.45. The Bertz CT molecular complexity index is 833. The summed E-state index contributed by atoms with van der Waals surface area (Å²) in [6, 6.07) is 14.1. The molecular weight excluding hydrogens is 256 g/mol. The van der Waals surface area contributed by atoms with Gasteiger partial charge in [0.25, 0.3) is 5.78 Å². The average Bonchev–Trinajstić information content (AvgIpc) is 3.00. The predicted octanol–water partition coefficient (Wildman–Crippen LogP) is 2.69. The molecule has 0 saturated carbocycles. The number of nitrogens with zero attached hydrogens (tertiary/aromatic N) is 2. The molecule has 1 aliphatic heterocycles. The summed E-state index contributed by atoms with van der Waals surface area (Å²) < 4.78 is 5.57. The highest BCUT2D eigenvalue weighted by Gasteiger charge is 2.39. The third-order valence-corrected chi connectivity index (χ3v) is 3.26. The van der Waals surface area contributed by atoms with Crippen LogP contribution in [0.5, 0.6) is 0 Å². The number of carbonyl (C=O) groups is 2. The summed E-state index contributed by atoms with van der Waals surface area (Å²) in [4.78, 5) is 29.5. The van der Waals surface area contributed by atoms with Gasteiger partial charge < -0.3 is 4.42 Å². The van der Waals surface area contributed by atoms with Gasteiger partial charge in [-0.1, -0.05) is 24.3 Å². The van der Waals surface area contributed by atoms with E-state index < -0.39 is 11.7 Å². The van der Waals surface area contributed by atoms with Gasteiger partial charge in [0.05, 0.1) is 11.3 Å². The lowest BCUT2D eigenvalue weighted by atomic mass is 10.1. The molecule has 0 saturated heterocycles. The Morgan fingerprint density at radius 1 is 0.950 bits per heavy atom. The highest BCUT2D eigenvalue weighted by molar-refractivity contribution is 6.53. The molecule has 0 unspecified atom stereocenters. The van der Waals surface area contributed by atoms with Crippen molar-refractivity contribution in [2.75, 3.05) is 4.90 Å². The van der Waals surface area contributed by atoms with Gasteiger partial charge in [-0.3, -0.25) is 9.59 Å². The van der Waals surface area contributed by atoms with Crippen LogP contribution in [0, 0.1) is 0 Å². The number of rotatable bonds is 1. The fraction of sp³-hybridized carbons (Fsp3) is 0. The molecule has 2 heterocycles. The van der Waals surface area contributed by atoms with Crippen molar-refractivity contribution in [1.82, 2.24) is 4.98 Å². The van der Waals surface area contributed by atoms with Gasteiger partial charge in [-0.15, -0.1) is 0 Å². The van der Waals surface area contributed by atoms with Crippen molar-refractivity contribution in [1.29, 1.82) is 0 Å². The van der Waals surface area contributed by atoms with Crippen LogP contribution in [0.25, 0.3) is 11.1 Å². The highest BCUT2D eigenvalue weighted by Crippen LogP contribution is 2.35. The average molecular weight is 264 g/mol. The maximum atomic E-state index is 12.1. The van der Waals surface area contributed by atoms with Gasteiger partial charge in [-0.2, -0.15) is 4.98 Å². The van der Waals surface area contributed by atoms with Gasteiger partial charge >= 0.3 is 11.9 Å². The van der Waals surface area contributed by atoms with Crippen molar-refractivity contribution in [3.8, 4) is 0 Å². The zero-order valence-corrected chi connectivity index (χ0v) is 10.2. The molecule has 0 N–H and O–H groups in total. The molecule has 4 rings (SSSR count). The Hall–Kier alpha value is -2.95. The summed E-state index contributed by atoms with van der Waals surface area (Å²) in [5.74, 6) is -1.18. The van der Waals surface area contributed by atoms with E-state index in [1.54, 1.807) is 36.4 Å². The molecule has 0 bridgehead atoms. The van der Waals surface area contributed by atoms with E-state index in [0.717, 1.165) is 0 Å². The van der Waals surface area contributed by atoms with E-state index in [9.17, 15) is 9.59 Å². The second-order valence-corrected chi connectivity index (χ2v) is 4.45. The van der Waals surface area contributed by atoms with Crippen LogP contribution in [0.2, 0.25) is 0 Å². The third-order valence-electron chi connectivity index (χ3n) is 3.26. The summed E-state index contributed by atoms with van der Waals surface area (Å²) in [6.07, 6.45) is 0. The minimum atomic E-state index is -0.641. The number of hydrogen-bond donors (Lipinski definition) is 0. The van der Waals surface area contributed by atoms with Crippen LogP contribution in [0.3, 0.4) is 0 Å². The molecule has 5 nitrogen and oxygen atoms in total. The van der Waals surface area contributed by atoms with E-state index in [4.69, 9.17) is 4.42 Å². The number of benzene rings is 2. The van der Waals surface area contributed by atoms with E-state index in [0.29, 0.717) is 22.4 Å². The fourth-order valence-corrected chi connectivity index (χ4v) is 2.33. The topological polar surface area (TPSA) is 63.4 Å². The van der Waals surface area contributed by atoms with Crippen molar-refractivity contribution in [3.63, 3.8) is 0 Å². The normalized spacial score (nSPS) is 14.1. The first kappa shape index (κ1) is 10.9. The molecule has 5 heteroatoms. The van der Waals surface area contributed by atoms with E-state index in [1.807, 2.05) is 12.1 Å². The molecule has 3 aromatic rings. The van der Waals surface area contributed by atoms with Crippen molar-refractivity contribution < 1.29 is 14.0 Å². The largest absolute Gasteiger partial charge is 0.423 e. The number of para-hydroxylation sites is 3. The molecule has 96 valence electrons. The number of aromatic nitrogens is 1. The predicted molar refractivity (Wildman–Crippen MR) is 71.9 cm³/mol. The van der Waals surface area contributed by atoms with E-state index >= 15 is 0 Å². The van der Waals surface area contributed by atoms with Crippen LogP contribution in [0.1, 0.15) is 10.4 Å². The zero-order chi connectivity index (χ0) is 13.7. The van der Waals surface area contributed by atoms with Crippen LogP contribution < -0.4 is 4.90 Å². The summed E-state index contributed by atoms with van der Waals surface area (Å²) in [7, 11) is 0. The zero-order valence-electron chi connectivity index (χ0n) is 10.2. The molecular formula is C15H8N2O3. The van der Waals surface area contributed by atoms with Crippen LogP contribution >= 0.6 is 0 Å². The van der Waals surface area contributed by atoms with E-state index in [-0.39, 0.29) is 6.01 Å². The molecule has 1 amide bonds. The molecule has 0 atom stereocenters. The Morgan fingerprint density at radius 3 is 2.55 bits per heavy atom. The Morgan fingerprint density at radius 2 is 1.70 bits per heavy atom. The lowest BCUT2D eigenvalue weighted by Crippen LogP contribution is -2.25. The van der Waals surface area contributed by atoms with E-state index in [1.165, 1.54) is 4.90 Å². The Balaban J connectivity index is 1.94. The second kappa shape index (κ2) is 3.77. The monoisotopic (exact) mass is 264 g/mol. The number of carbonyl (C=O) groups excluding carboxylic acids is 2. The van der Waals surface area contributed by atoms with Crippen molar-refractivity contribution in [3.05, 3.63) is 54.1 Å². The molecule has 0 radical (unpaired) electrons. The third kappa shape index (κ3) is 1.34. The number of ketones is 1. The summed E-state index contributed by atoms with van der Waals surface area (Å²) >= 11 is 0. The number of anilines is 2. The number of Topliss-reactive ketones (excluding diaryl/α,β-unsaturated/α-hetero) is 1.